The first-order chi connectivity index (χ1) is 13.1. The number of hydrogen-bond acceptors (Lipinski definition) is 4. The SMILES string of the molecule is C=C(C(=O)OC)C(CCCCCC/C=C\C/C=C\CCCCC)C(=O)OC. The van der Waals surface area contributed by atoms with Crippen LogP contribution in [0.4, 0.5) is 0 Å². The van der Waals surface area contributed by atoms with Gasteiger partial charge in [0.25, 0.3) is 0 Å². The molecule has 0 aromatic carbocycles. The van der Waals surface area contributed by atoms with Gasteiger partial charge in [0.2, 0.25) is 0 Å². The van der Waals surface area contributed by atoms with Crippen molar-refractivity contribution < 1.29 is 19.1 Å². The van der Waals surface area contributed by atoms with Gasteiger partial charge in [0.05, 0.1) is 20.1 Å². The van der Waals surface area contributed by atoms with Gasteiger partial charge in [0.15, 0.2) is 0 Å². The van der Waals surface area contributed by atoms with Gasteiger partial charge in [0, 0.05) is 5.57 Å². The molecule has 0 aliphatic rings. The number of ether oxygens (including phenoxy) is 2. The number of unbranched alkanes of at least 4 members (excludes halogenated alkanes) is 7. The first kappa shape index (κ1) is 25.2. The molecule has 0 aromatic heterocycles. The Balaban J connectivity index is 3.84. The normalized spacial score (nSPS) is 12.4. The lowest BCUT2D eigenvalue weighted by Crippen LogP contribution is -2.23. The zero-order chi connectivity index (χ0) is 20.3. The van der Waals surface area contributed by atoms with Crippen LogP contribution in [0.15, 0.2) is 36.5 Å². The van der Waals surface area contributed by atoms with E-state index in [2.05, 4.69) is 42.5 Å². The molecule has 0 amide bonds. The molecule has 0 saturated carbocycles. The van der Waals surface area contributed by atoms with Gasteiger partial charge < -0.3 is 9.47 Å². The molecular formula is C23H38O4. The van der Waals surface area contributed by atoms with Gasteiger partial charge in [0.1, 0.15) is 0 Å². The molecule has 0 saturated heterocycles. The summed E-state index contributed by atoms with van der Waals surface area (Å²) in [6, 6.07) is 0. The zero-order valence-corrected chi connectivity index (χ0v) is 17.5. The van der Waals surface area contributed by atoms with Crippen LogP contribution in [0.25, 0.3) is 0 Å². The number of esters is 2. The van der Waals surface area contributed by atoms with Crippen LogP contribution >= 0.6 is 0 Å². The standard InChI is InChI=1S/C23H38O4/c1-5-6-7-8-9-10-11-12-13-14-15-16-17-18-19-21(23(25)27-4)20(2)22(24)26-3/h9-10,12-13,21H,2,5-8,11,14-19H2,1,3-4H3/b10-9-,13-12-. The average molecular weight is 379 g/mol. The fraction of sp³-hybridized carbons (Fsp3) is 0.652. The van der Waals surface area contributed by atoms with Gasteiger partial charge in [-0.05, 0) is 38.5 Å². The second kappa shape index (κ2) is 17.6. The monoisotopic (exact) mass is 378 g/mol. The minimum absolute atomic E-state index is 0.176. The molecule has 27 heavy (non-hydrogen) atoms. The predicted octanol–water partition coefficient (Wildman–Crippen LogP) is 5.93. The number of carbonyl (C=O) groups excluding carboxylic acids is 2. The minimum Gasteiger partial charge on any atom is -0.469 e. The molecule has 0 bridgehead atoms. The lowest BCUT2D eigenvalue weighted by Gasteiger charge is -2.15. The van der Waals surface area contributed by atoms with Crippen LogP contribution in [0, 0.1) is 5.92 Å². The zero-order valence-electron chi connectivity index (χ0n) is 17.5. The molecule has 0 aliphatic carbocycles. The summed E-state index contributed by atoms with van der Waals surface area (Å²) in [4.78, 5) is 23.4. The van der Waals surface area contributed by atoms with Crippen molar-refractivity contribution in [3.05, 3.63) is 36.5 Å². The molecular weight excluding hydrogens is 340 g/mol. The summed E-state index contributed by atoms with van der Waals surface area (Å²) >= 11 is 0. The van der Waals surface area contributed by atoms with E-state index in [9.17, 15) is 9.59 Å². The molecule has 0 radical (unpaired) electrons. The minimum atomic E-state index is -0.605. The highest BCUT2D eigenvalue weighted by molar-refractivity contribution is 5.94. The summed E-state index contributed by atoms with van der Waals surface area (Å²) in [5, 5.41) is 0. The maximum absolute atomic E-state index is 11.8. The summed E-state index contributed by atoms with van der Waals surface area (Å²) in [6.07, 6.45) is 20.9. The largest absolute Gasteiger partial charge is 0.469 e. The molecule has 4 nitrogen and oxygen atoms in total. The van der Waals surface area contributed by atoms with Crippen LogP contribution in [0.2, 0.25) is 0 Å². The molecule has 1 atom stereocenters. The molecule has 4 heteroatoms. The predicted molar refractivity (Wildman–Crippen MR) is 111 cm³/mol. The second-order valence-corrected chi connectivity index (χ2v) is 6.76. The van der Waals surface area contributed by atoms with E-state index >= 15 is 0 Å². The molecule has 154 valence electrons. The quantitative estimate of drug-likeness (QED) is 0.145. The van der Waals surface area contributed by atoms with E-state index in [4.69, 9.17) is 4.74 Å². The Kier molecular flexibility index (Phi) is 16.4. The van der Waals surface area contributed by atoms with Gasteiger partial charge in [-0.2, -0.15) is 0 Å². The van der Waals surface area contributed by atoms with Gasteiger partial charge in [-0.3, -0.25) is 4.79 Å². The van der Waals surface area contributed by atoms with Crippen LogP contribution in [-0.2, 0) is 19.1 Å². The van der Waals surface area contributed by atoms with Crippen LogP contribution in [0.3, 0.4) is 0 Å². The Hall–Kier alpha value is -1.84. The van der Waals surface area contributed by atoms with Crippen LogP contribution in [-0.4, -0.2) is 26.2 Å². The number of carbonyl (C=O) groups is 2. The Morgan fingerprint density at radius 2 is 1.44 bits per heavy atom. The van der Waals surface area contributed by atoms with Crippen molar-refractivity contribution >= 4 is 11.9 Å². The highest BCUT2D eigenvalue weighted by Gasteiger charge is 2.27. The van der Waals surface area contributed by atoms with Gasteiger partial charge in [-0.15, -0.1) is 0 Å². The third kappa shape index (κ3) is 13.0. The van der Waals surface area contributed by atoms with E-state index in [1.54, 1.807) is 0 Å². The Labute approximate surface area is 165 Å². The molecule has 0 rings (SSSR count). The highest BCUT2D eigenvalue weighted by atomic mass is 16.5. The maximum Gasteiger partial charge on any atom is 0.334 e. The molecule has 0 aliphatic heterocycles. The first-order valence-corrected chi connectivity index (χ1v) is 10.2. The summed E-state index contributed by atoms with van der Waals surface area (Å²) in [6.45, 7) is 5.91. The smallest absolute Gasteiger partial charge is 0.334 e. The number of rotatable bonds is 16. The van der Waals surface area contributed by atoms with E-state index in [0.29, 0.717) is 6.42 Å². The third-order valence-electron chi connectivity index (χ3n) is 4.55. The van der Waals surface area contributed by atoms with Crippen molar-refractivity contribution in [2.24, 2.45) is 5.92 Å². The van der Waals surface area contributed by atoms with Gasteiger partial charge in [-0.1, -0.05) is 69.9 Å². The number of hydrogen-bond donors (Lipinski definition) is 0. The fourth-order valence-electron chi connectivity index (χ4n) is 2.83. The summed E-state index contributed by atoms with van der Waals surface area (Å²) in [5.41, 5.74) is 0.176. The molecule has 0 spiro atoms. The molecule has 0 N–H and O–H groups in total. The number of allylic oxidation sites excluding steroid dienone is 4. The van der Waals surface area contributed by atoms with Crippen molar-refractivity contribution in [3.63, 3.8) is 0 Å². The van der Waals surface area contributed by atoms with Crippen molar-refractivity contribution in [2.75, 3.05) is 14.2 Å². The van der Waals surface area contributed by atoms with Crippen LogP contribution in [0.5, 0.6) is 0 Å². The maximum atomic E-state index is 11.8. The molecule has 1 unspecified atom stereocenters. The molecule has 0 aromatic rings. The Bertz CT molecular complexity index is 477. The Morgan fingerprint density at radius 1 is 0.852 bits per heavy atom. The summed E-state index contributed by atoms with van der Waals surface area (Å²) in [7, 11) is 2.62. The van der Waals surface area contributed by atoms with Crippen molar-refractivity contribution in [1.82, 2.24) is 0 Å². The fourth-order valence-corrected chi connectivity index (χ4v) is 2.83. The lowest BCUT2D eigenvalue weighted by atomic mass is 9.93. The second-order valence-electron chi connectivity index (χ2n) is 6.76. The first-order valence-electron chi connectivity index (χ1n) is 10.2. The molecule has 0 heterocycles. The Morgan fingerprint density at radius 3 is 2.00 bits per heavy atom. The summed E-state index contributed by atoms with van der Waals surface area (Å²) < 4.78 is 9.43. The van der Waals surface area contributed by atoms with Crippen LogP contribution < -0.4 is 0 Å². The van der Waals surface area contributed by atoms with E-state index in [1.807, 2.05) is 0 Å². The van der Waals surface area contributed by atoms with Gasteiger partial charge in [-0.25, -0.2) is 4.79 Å². The van der Waals surface area contributed by atoms with E-state index < -0.39 is 17.9 Å². The van der Waals surface area contributed by atoms with E-state index in [1.165, 1.54) is 39.9 Å². The van der Waals surface area contributed by atoms with Crippen molar-refractivity contribution in [3.8, 4) is 0 Å². The number of methoxy groups -OCH3 is 2. The topological polar surface area (TPSA) is 52.6 Å². The van der Waals surface area contributed by atoms with Crippen molar-refractivity contribution in [1.29, 1.82) is 0 Å². The van der Waals surface area contributed by atoms with E-state index in [0.717, 1.165) is 38.5 Å². The molecule has 0 fully saturated rings. The summed E-state index contributed by atoms with van der Waals surface area (Å²) in [5.74, 6) is -1.57. The van der Waals surface area contributed by atoms with E-state index in [-0.39, 0.29) is 5.57 Å². The van der Waals surface area contributed by atoms with Gasteiger partial charge >= 0.3 is 11.9 Å². The van der Waals surface area contributed by atoms with Crippen LogP contribution in [0.1, 0.15) is 77.6 Å². The average Bonchev–Trinajstić information content (AvgIpc) is 2.69. The third-order valence-corrected chi connectivity index (χ3v) is 4.55. The highest BCUT2D eigenvalue weighted by Crippen LogP contribution is 2.21. The lowest BCUT2D eigenvalue weighted by molar-refractivity contribution is -0.147. The van der Waals surface area contributed by atoms with Crippen molar-refractivity contribution in [2.45, 2.75) is 77.6 Å².